The summed E-state index contributed by atoms with van der Waals surface area (Å²) in [7, 11) is 0. The van der Waals surface area contributed by atoms with Crippen molar-refractivity contribution in [1.82, 2.24) is 0 Å². The predicted octanol–water partition coefficient (Wildman–Crippen LogP) is 5.11. The van der Waals surface area contributed by atoms with Crippen molar-refractivity contribution in [2.24, 2.45) is 0 Å². The van der Waals surface area contributed by atoms with E-state index in [1.165, 1.54) is 0 Å². The maximum atomic E-state index is 13.5. The van der Waals surface area contributed by atoms with Crippen LogP contribution in [-0.2, 0) is 25.7 Å². The van der Waals surface area contributed by atoms with Gasteiger partial charge in [0.05, 0.1) is 12.2 Å². The molecular weight excluding hydrogens is 387 g/mol. The van der Waals surface area contributed by atoms with Gasteiger partial charge in [-0.1, -0.05) is 25.7 Å². The third-order valence-corrected chi connectivity index (χ3v) is 4.00. The molecular formula is C19H23F5O4. The minimum absolute atomic E-state index is 0.0295. The van der Waals surface area contributed by atoms with E-state index in [-0.39, 0.29) is 12.4 Å². The molecule has 0 bridgehead atoms. The van der Waals surface area contributed by atoms with Crippen LogP contribution >= 0.6 is 0 Å². The van der Waals surface area contributed by atoms with Crippen LogP contribution in [0.5, 0.6) is 0 Å². The van der Waals surface area contributed by atoms with E-state index in [4.69, 9.17) is 4.74 Å². The molecule has 0 spiro atoms. The second-order valence-electron chi connectivity index (χ2n) is 6.14. The van der Waals surface area contributed by atoms with E-state index >= 15 is 0 Å². The van der Waals surface area contributed by atoms with Crippen LogP contribution in [0.15, 0.2) is 0 Å². The number of hydrogen-bond donors (Lipinski definition) is 0. The first-order valence-electron chi connectivity index (χ1n) is 9.11. The number of benzene rings is 1. The number of hydrogen-bond acceptors (Lipinski definition) is 4. The smallest absolute Gasteiger partial charge is 0.306 e. The number of carbonyl (C=O) groups excluding carboxylic acids is 2. The van der Waals surface area contributed by atoms with Crippen LogP contribution in [0, 0.1) is 29.1 Å². The Labute approximate surface area is 160 Å². The van der Waals surface area contributed by atoms with Gasteiger partial charge in [-0.15, -0.1) is 0 Å². The van der Waals surface area contributed by atoms with Gasteiger partial charge >= 0.3 is 11.9 Å². The normalized spacial score (nSPS) is 10.8. The zero-order valence-electron chi connectivity index (χ0n) is 15.6. The van der Waals surface area contributed by atoms with E-state index in [1.54, 1.807) is 6.92 Å². The molecule has 0 N–H and O–H groups in total. The van der Waals surface area contributed by atoms with Crippen LogP contribution in [0.25, 0.3) is 0 Å². The van der Waals surface area contributed by atoms with Gasteiger partial charge in [-0.25, -0.2) is 22.0 Å². The Balaban J connectivity index is 2.23. The van der Waals surface area contributed by atoms with E-state index in [0.29, 0.717) is 25.9 Å². The van der Waals surface area contributed by atoms with Crippen molar-refractivity contribution in [3.8, 4) is 0 Å². The van der Waals surface area contributed by atoms with Crippen molar-refractivity contribution in [2.75, 3.05) is 6.61 Å². The first-order valence-corrected chi connectivity index (χ1v) is 9.11. The summed E-state index contributed by atoms with van der Waals surface area (Å²) in [4.78, 5) is 22.7. The summed E-state index contributed by atoms with van der Waals surface area (Å²) in [6.45, 7) is 1.07. The van der Waals surface area contributed by atoms with Crippen molar-refractivity contribution >= 4 is 11.9 Å². The molecule has 0 aliphatic rings. The first-order chi connectivity index (χ1) is 13.3. The van der Waals surface area contributed by atoms with Crippen molar-refractivity contribution in [3.05, 3.63) is 34.6 Å². The molecule has 4 nitrogen and oxygen atoms in total. The zero-order chi connectivity index (χ0) is 21.1. The van der Waals surface area contributed by atoms with E-state index in [0.717, 1.165) is 25.7 Å². The van der Waals surface area contributed by atoms with Crippen molar-refractivity contribution in [2.45, 2.75) is 64.9 Å². The molecule has 0 aliphatic heterocycles. The Morgan fingerprint density at radius 1 is 0.643 bits per heavy atom. The van der Waals surface area contributed by atoms with E-state index in [9.17, 15) is 31.5 Å². The highest BCUT2D eigenvalue weighted by molar-refractivity contribution is 5.69. The summed E-state index contributed by atoms with van der Waals surface area (Å²) < 4.78 is 75.4. The Morgan fingerprint density at radius 3 is 1.50 bits per heavy atom. The topological polar surface area (TPSA) is 52.6 Å². The molecule has 1 aromatic rings. The van der Waals surface area contributed by atoms with Gasteiger partial charge in [0.15, 0.2) is 23.3 Å². The summed E-state index contributed by atoms with van der Waals surface area (Å²) in [6.07, 6.45) is 4.79. The lowest BCUT2D eigenvalue weighted by molar-refractivity contribution is -0.145. The molecule has 158 valence electrons. The first kappa shape index (κ1) is 23.8. The minimum Gasteiger partial charge on any atom is -0.466 e. The van der Waals surface area contributed by atoms with E-state index in [1.807, 2.05) is 0 Å². The minimum atomic E-state index is -2.26. The molecule has 0 aromatic heterocycles. The molecule has 9 heteroatoms. The monoisotopic (exact) mass is 410 g/mol. The molecule has 0 fully saturated rings. The number of unbranched alkanes of at least 4 members (excludes halogenated alkanes) is 5. The van der Waals surface area contributed by atoms with Gasteiger partial charge in [-0.05, 0) is 19.8 Å². The third-order valence-electron chi connectivity index (χ3n) is 4.00. The van der Waals surface area contributed by atoms with Crippen LogP contribution in [0.1, 0.15) is 63.9 Å². The van der Waals surface area contributed by atoms with Gasteiger partial charge in [0.25, 0.3) is 0 Å². The molecule has 0 amide bonds. The Hall–Kier alpha value is -2.19. The summed E-state index contributed by atoms with van der Waals surface area (Å²) in [5, 5.41) is 0. The zero-order valence-corrected chi connectivity index (χ0v) is 15.6. The molecule has 0 saturated carbocycles. The molecule has 0 atom stereocenters. The highest BCUT2D eigenvalue weighted by Crippen LogP contribution is 2.23. The van der Waals surface area contributed by atoms with Gasteiger partial charge in [0.2, 0.25) is 5.82 Å². The maximum absolute atomic E-state index is 13.5. The summed E-state index contributed by atoms with van der Waals surface area (Å²) >= 11 is 0. The molecule has 0 heterocycles. The fraction of sp³-hybridized carbons (Fsp3) is 0.579. The molecule has 0 aliphatic carbocycles. The number of ether oxygens (including phenoxy) is 2. The van der Waals surface area contributed by atoms with Gasteiger partial charge in [-0.3, -0.25) is 9.59 Å². The number of carbonyl (C=O) groups is 2. The Kier molecular flexibility index (Phi) is 10.5. The van der Waals surface area contributed by atoms with Crippen molar-refractivity contribution < 1.29 is 41.0 Å². The number of halogens is 5. The van der Waals surface area contributed by atoms with Crippen LogP contribution < -0.4 is 0 Å². The average molecular weight is 410 g/mol. The predicted molar refractivity (Wildman–Crippen MR) is 89.6 cm³/mol. The number of esters is 2. The fourth-order valence-corrected chi connectivity index (χ4v) is 2.48. The number of rotatable bonds is 12. The van der Waals surface area contributed by atoms with Crippen LogP contribution in [0.3, 0.4) is 0 Å². The molecule has 0 unspecified atom stereocenters. The second-order valence-corrected chi connectivity index (χ2v) is 6.14. The lowest BCUT2D eigenvalue weighted by atomic mass is 10.1. The Bertz CT molecular complexity index is 650. The standard InChI is InChI=1S/C19H23F5O4/c1-2-27-13(25)9-7-5-3-4-6-8-10-14(26)28-11-12-15(20)17(22)19(24)18(23)16(12)21/h2-11H2,1H3. The van der Waals surface area contributed by atoms with Gasteiger partial charge in [0.1, 0.15) is 6.61 Å². The van der Waals surface area contributed by atoms with Gasteiger partial charge in [-0.2, -0.15) is 0 Å². The lowest BCUT2D eigenvalue weighted by Gasteiger charge is -2.09. The largest absolute Gasteiger partial charge is 0.466 e. The quantitative estimate of drug-likeness (QED) is 0.158. The molecule has 28 heavy (non-hydrogen) atoms. The SMILES string of the molecule is CCOC(=O)CCCCCCCCC(=O)OCc1c(F)c(F)c(F)c(F)c1F. The summed E-state index contributed by atoms with van der Waals surface area (Å²) in [5.41, 5.74) is -1.17. The van der Waals surface area contributed by atoms with Crippen LogP contribution in [0.2, 0.25) is 0 Å². The highest BCUT2D eigenvalue weighted by Gasteiger charge is 2.26. The summed E-state index contributed by atoms with van der Waals surface area (Å²) in [6, 6.07) is 0. The highest BCUT2D eigenvalue weighted by atomic mass is 19.2. The van der Waals surface area contributed by atoms with Crippen LogP contribution in [0.4, 0.5) is 22.0 Å². The van der Waals surface area contributed by atoms with E-state index in [2.05, 4.69) is 4.74 Å². The molecule has 0 saturated heterocycles. The van der Waals surface area contributed by atoms with Crippen molar-refractivity contribution in [1.29, 1.82) is 0 Å². The van der Waals surface area contributed by atoms with Gasteiger partial charge in [0, 0.05) is 12.8 Å². The molecule has 1 aromatic carbocycles. The van der Waals surface area contributed by atoms with Crippen LogP contribution in [-0.4, -0.2) is 18.5 Å². The average Bonchev–Trinajstić information content (AvgIpc) is 2.67. The Morgan fingerprint density at radius 2 is 1.04 bits per heavy atom. The van der Waals surface area contributed by atoms with Crippen molar-refractivity contribution in [3.63, 3.8) is 0 Å². The summed E-state index contributed by atoms with van der Waals surface area (Å²) in [5.74, 6) is -11.4. The maximum Gasteiger partial charge on any atom is 0.306 e. The molecule has 1 rings (SSSR count). The lowest BCUT2D eigenvalue weighted by Crippen LogP contribution is -2.11. The third kappa shape index (κ3) is 7.44. The fourth-order valence-electron chi connectivity index (χ4n) is 2.48. The van der Waals surface area contributed by atoms with Gasteiger partial charge < -0.3 is 9.47 Å². The second kappa shape index (κ2) is 12.3. The molecule has 0 radical (unpaired) electrons. The van der Waals surface area contributed by atoms with E-state index < -0.39 is 47.2 Å².